The molecular weight excluding hydrogens is 120 g/mol. The Labute approximate surface area is 54.3 Å². The molecule has 0 aromatic heterocycles. The summed E-state index contributed by atoms with van der Waals surface area (Å²) >= 11 is 0. The third-order valence-corrected chi connectivity index (χ3v) is 1.86. The largest absolute Gasteiger partial charge is 0.396 e. The van der Waals surface area contributed by atoms with Crippen molar-refractivity contribution in [3.63, 3.8) is 0 Å². The van der Waals surface area contributed by atoms with Crippen LogP contribution in [0.5, 0.6) is 0 Å². The van der Waals surface area contributed by atoms with Gasteiger partial charge >= 0.3 is 0 Å². The zero-order chi connectivity index (χ0) is 6.85. The van der Waals surface area contributed by atoms with E-state index in [2.05, 4.69) is 0 Å². The molecule has 0 unspecified atom stereocenters. The van der Waals surface area contributed by atoms with Crippen LogP contribution in [0.25, 0.3) is 0 Å². The molecule has 0 radical (unpaired) electrons. The molecule has 3 heteroatoms. The summed E-state index contributed by atoms with van der Waals surface area (Å²) in [6.45, 7) is 2.04. The van der Waals surface area contributed by atoms with Gasteiger partial charge in [0, 0.05) is 5.92 Å². The van der Waals surface area contributed by atoms with Gasteiger partial charge in [-0.15, -0.1) is 0 Å². The average Bonchev–Trinajstić information content (AvgIpc) is 1.83. The Balaban J connectivity index is 2.29. The minimum absolute atomic E-state index is 0.0234. The number of aliphatic hydroxyl groups is 2. The van der Waals surface area contributed by atoms with Crippen LogP contribution in [0, 0.1) is 5.92 Å². The number of aliphatic hydroxyl groups excluding tert-OH is 2. The highest BCUT2D eigenvalue weighted by molar-refractivity contribution is 4.84. The Kier molecular flexibility index (Phi) is 2.05. The van der Waals surface area contributed by atoms with E-state index in [1.807, 2.05) is 6.92 Å². The van der Waals surface area contributed by atoms with Crippen LogP contribution in [0.1, 0.15) is 6.92 Å². The first kappa shape index (κ1) is 6.99. The normalized spacial score (nSPS) is 42.3. The Hall–Kier alpha value is -0.120. The second kappa shape index (κ2) is 2.64. The standard InChI is InChI=1S/C6H12O3/c1-4-5(2-7)6(3-8)9-4/h4-8H,2-3H2,1H3/t4-,5-,6+/m0/s1. The number of hydrogen-bond donors (Lipinski definition) is 2. The van der Waals surface area contributed by atoms with Crippen molar-refractivity contribution >= 4 is 0 Å². The first-order valence-corrected chi connectivity index (χ1v) is 3.16. The Morgan fingerprint density at radius 2 is 2.00 bits per heavy atom. The summed E-state index contributed by atoms with van der Waals surface area (Å²) in [5.41, 5.74) is 0. The van der Waals surface area contributed by atoms with Gasteiger partial charge in [-0.2, -0.15) is 0 Å². The van der Waals surface area contributed by atoms with E-state index >= 15 is 0 Å². The SMILES string of the molecule is C[C@@H]1O[C@H](CO)[C@H]1CO. The maximum atomic E-state index is 8.67. The van der Waals surface area contributed by atoms with Gasteiger partial charge in [0.25, 0.3) is 0 Å². The van der Waals surface area contributed by atoms with Crippen molar-refractivity contribution in [3.05, 3.63) is 0 Å². The third kappa shape index (κ3) is 1.08. The smallest absolute Gasteiger partial charge is 0.0884 e. The van der Waals surface area contributed by atoms with Gasteiger partial charge in [-0.3, -0.25) is 0 Å². The van der Waals surface area contributed by atoms with E-state index in [1.54, 1.807) is 0 Å². The third-order valence-electron chi connectivity index (χ3n) is 1.86. The Bertz CT molecular complexity index is 94.3. The van der Waals surface area contributed by atoms with Gasteiger partial charge in [0.15, 0.2) is 0 Å². The molecule has 0 aromatic carbocycles. The van der Waals surface area contributed by atoms with E-state index in [0.717, 1.165) is 0 Å². The van der Waals surface area contributed by atoms with Gasteiger partial charge in [0.05, 0.1) is 25.4 Å². The van der Waals surface area contributed by atoms with Crippen LogP contribution in [-0.4, -0.2) is 35.6 Å². The van der Waals surface area contributed by atoms with E-state index in [4.69, 9.17) is 14.9 Å². The lowest BCUT2D eigenvalue weighted by atomic mass is 9.92. The molecule has 3 nitrogen and oxygen atoms in total. The molecule has 3 atom stereocenters. The molecule has 54 valence electrons. The molecule has 1 rings (SSSR count). The summed E-state index contributed by atoms with van der Waals surface area (Å²) in [5.74, 6) is 0.148. The first-order valence-electron chi connectivity index (χ1n) is 3.16. The molecule has 2 N–H and O–H groups in total. The average molecular weight is 132 g/mol. The number of ether oxygens (including phenoxy) is 1. The van der Waals surface area contributed by atoms with E-state index in [-0.39, 0.29) is 31.3 Å². The van der Waals surface area contributed by atoms with Crippen LogP contribution in [0.3, 0.4) is 0 Å². The molecule has 9 heavy (non-hydrogen) atoms. The van der Waals surface area contributed by atoms with Crippen molar-refractivity contribution in [2.75, 3.05) is 13.2 Å². The maximum absolute atomic E-state index is 8.67. The summed E-state index contributed by atoms with van der Waals surface area (Å²) in [7, 11) is 0. The maximum Gasteiger partial charge on any atom is 0.0884 e. The molecule has 0 aliphatic carbocycles. The van der Waals surface area contributed by atoms with Gasteiger partial charge in [-0.05, 0) is 6.92 Å². The zero-order valence-electron chi connectivity index (χ0n) is 5.45. The molecular formula is C6H12O3. The van der Waals surface area contributed by atoms with E-state index in [9.17, 15) is 0 Å². The minimum Gasteiger partial charge on any atom is -0.396 e. The predicted octanol–water partition coefficient (Wildman–Crippen LogP) is -0.626. The topological polar surface area (TPSA) is 49.7 Å². The molecule has 1 aliphatic rings. The zero-order valence-corrected chi connectivity index (χ0v) is 5.45. The summed E-state index contributed by atoms with van der Waals surface area (Å²) < 4.78 is 5.08. The molecule has 1 fully saturated rings. The lowest BCUT2D eigenvalue weighted by molar-refractivity contribution is -0.200. The number of hydrogen-bond acceptors (Lipinski definition) is 3. The van der Waals surface area contributed by atoms with E-state index < -0.39 is 0 Å². The van der Waals surface area contributed by atoms with Crippen LogP contribution in [0.15, 0.2) is 0 Å². The van der Waals surface area contributed by atoms with Gasteiger partial charge < -0.3 is 14.9 Å². The molecule has 0 saturated carbocycles. The lowest BCUT2D eigenvalue weighted by Gasteiger charge is -2.41. The van der Waals surface area contributed by atoms with Gasteiger partial charge in [-0.25, -0.2) is 0 Å². The molecule has 0 bridgehead atoms. The van der Waals surface area contributed by atoms with Crippen molar-refractivity contribution < 1.29 is 14.9 Å². The highest BCUT2D eigenvalue weighted by atomic mass is 16.5. The summed E-state index contributed by atoms with van der Waals surface area (Å²) in [4.78, 5) is 0. The van der Waals surface area contributed by atoms with Crippen LogP contribution in [-0.2, 0) is 4.74 Å². The molecule has 0 amide bonds. The summed E-state index contributed by atoms with van der Waals surface area (Å²) in [5, 5.41) is 17.2. The second-order valence-electron chi connectivity index (χ2n) is 2.41. The predicted molar refractivity (Wildman–Crippen MR) is 32.0 cm³/mol. The monoisotopic (exact) mass is 132 g/mol. The summed E-state index contributed by atoms with van der Waals surface area (Å²) in [6, 6.07) is 0. The molecule has 0 spiro atoms. The van der Waals surface area contributed by atoms with Crippen LogP contribution < -0.4 is 0 Å². The molecule has 0 aromatic rings. The lowest BCUT2D eigenvalue weighted by Crippen LogP contribution is -2.50. The Morgan fingerprint density at radius 3 is 2.22 bits per heavy atom. The number of rotatable bonds is 2. The fourth-order valence-electron chi connectivity index (χ4n) is 1.13. The van der Waals surface area contributed by atoms with Crippen LogP contribution >= 0.6 is 0 Å². The van der Waals surface area contributed by atoms with E-state index in [1.165, 1.54) is 0 Å². The van der Waals surface area contributed by atoms with Crippen molar-refractivity contribution in [3.8, 4) is 0 Å². The molecule has 1 heterocycles. The molecule has 1 saturated heterocycles. The quantitative estimate of drug-likeness (QED) is 0.526. The highest BCUT2D eigenvalue weighted by Crippen LogP contribution is 2.26. The van der Waals surface area contributed by atoms with Gasteiger partial charge in [0.2, 0.25) is 0 Å². The second-order valence-corrected chi connectivity index (χ2v) is 2.41. The van der Waals surface area contributed by atoms with Gasteiger partial charge in [-0.1, -0.05) is 0 Å². The fourth-order valence-corrected chi connectivity index (χ4v) is 1.13. The van der Waals surface area contributed by atoms with E-state index in [0.29, 0.717) is 0 Å². The van der Waals surface area contributed by atoms with Crippen LogP contribution in [0.4, 0.5) is 0 Å². The Morgan fingerprint density at radius 1 is 1.33 bits per heavy atom. The van der Waals surface area contributed by atoms with Crippen molar-refractivity contribution in [2.45, 2.75) is 19.1 Å². The summed E-state index contributed by atoms with van der Waals surface area (Å²) in [6.07, 6.45) is -0.00264. The van der Waals surface area contributed by atoms with Crippen molar-refractivity contribution in [1.82, 2.24) is 0 Å². The minimum atomic E-state index is -0.120. The first-order chi connectivity index (χ1) is 4.29. The fraction of sp³-hybridized carbons (Fsp3) is 1.00. The van der Waals surface area contributed by atoms with Crippen molar-refractivity contribution in [2.24, 2.45) is 5.92 Å². The van der Waals surface area contributed by atoms with Crippen LogP contribution in [0.2, 0.25) is 0 Å². The van der Waals surface area contributed by atoms with Crippen molar-refractivity contribution in [1.29, 1.82) is 0 Å². The molecule has 1 aliphatic heterocycles. The highest BCUT2D eigenvalue weighted by Gasteiger charge is 2.37. The van der Waals surface area contributed by atoms with Gasteiger partial charge in [0.1, 0.15) is 0 Å².